The van der Waals surface area contributed by atoms with Crippen LogP contribution in [0.3, 0.4) is 0 Å². The molecular formula is C24H26FN7O. The summed E-state index contributed by atoms with van der Waals surface area (Å²) in [7, 11) is 1.85. The number of hydrogen-bond donors (Lipinski definition) is 1. The van der Waals surface area contributed by atoms with Crippen molar-refractivity contribution in [2.45, 2.75) is 45.3 Å². The highest BCUT2D eigenvalue weighted by atomic mass is 19.1. The van der Waals surface area contributed by atoms with Crippen LogP contribution in [0, 0.1) is 5.82 Å². The molecule has 1 aliphatic heterocycles. The summed E-state index contributed by atoms with van der Waals surface area (Å²) in [5, 5.41) is 4.46. The summed E-state index contributed by atoms with van der Waals surface area (Å²) < 4.78 is 18.7. The van der Waals surface area contributed by atoms with Crippen molar-refractivity contribution in [3.05, 3.63) is 59.8 Å². The van der Waals surface area contributed by atoms with E-state index in [-0.39, 0.29) is 11.1 Å². The number of imidazole rings is 1. The number of fused-ring (bicyclic) bond motifs is 1. The Hall–Kier alpha value is -3.75. The number of nitrogens with zero attached hydrogens (tertiary/aromatic N) is 6. The highest BCUT2D eigenvalue weighted by molar-refractivity contribution is 5.97. The fourth-order valence-electron chi connectivity index (χ4n) is 4.76. The van der Waals surface area contributed by atoms with Crippen LogP contribution in [0.1, 0.15) is 42.7 Å². The van der Waals surface area contributed by atoms with Crippen LogP contribution in [0.25, 0.3) is 22.4 Å². The molecule has 170 valence electrons. The largest absolute Gasteiger partial charge is 0.366 e. The SMILES string of the molecule is C[C@H]1CC[C@H](C)N1c1ccc(-c2nc3c(F)c(C(N)=O)ccc3n2Cc2ccn(C)n2)cn1. The van der Waals surface area contributed by atoms with E-state index in [1.807, 2.05) is 36.0 Å². The zero-order chi connectivity index (χ0) is 23.3. The van der Waals surface area contributed by atoms with Gasteiger partial charge in [-0.2, -0.15) is 5.10 Å². The molecule has 1 amide bonds. The van der Waals surface area contributed by atoms with Crippen LogP contribution in [0.4, 0.5) is 10.2 Å². The first-order chi connectivity index (χ1) is 15.8. The molecule has 33 heavy (non-hydrogen) atoms. The maximum atomic E-state index is 15.1. The fourth-order valence-corrected chi connectivity index (χ4v) is 4.76. The molecule has 0 radical (unpaired) electrons. The van der Waals surface area contributed by atoms with Crippen LogP contribution in [-0.2, 0) is 13.6 Å². The number of nitrogens with two attached hydrogens (primary N) is 1. The van der Waals surface area contributed by atoms with Crippen molar-refractivity contribution in [1.82, 2.24) is 24.3 Å². The van der Waals surface area contributed by atoms with E-state index in [0.29, 0.717) is 30.0 Å². The molecule has 0 unspecified atom stereocenters. The van der Waals surface area contributed by atoms with Crippen molar-refractivity contribution in [2.75, 3.05) is 4.90 Å². The summed E-state index contributed by atoms with van der Waals surface area (Å²) in [5.74, 6) is -0.0658. The molecule has 0 saturated carbocycles. The predicted octanol–water partition coefficient (Wildman–Crippen LogP) is 3.50. The van der Waals surface area contributed by atoms with E-state index in [9.17, 15) is 4.79 Å². The summed E-state index contributed by atoms with van der Waals surface area (Å²) in [6, 6.07) is 9.81. The van der Waals surface area contributed by atoms with E-state index in [1.165, 1.54) is 6.07 Å². The third-order valence-corrected chi connectivity index (χ3v) is 6.44. The Balaban J connectivity index is 1.62. The normalized spacial score (nSPS) is 18.4. The van der Waals surface area contributed by atoms with Gasteiger partial charge in [-0.25, -0.2) is 14.4 Å². The molecule has 0 bridgehead atoms. The van der Waals surface area contributed by atoms with Crippen LogP contribution < -0.4 is 10.6 Å². The maximum absolute atomic E-state index is 15.1. The first-order valence-corrected chi connectivity index (χ1v) is 11.1. The van der Waals surface area contributed by atoms with E-state index in [2.05, 4.69) is 28.8 Å². The van der Waals surface area contributed by atoms with Crippen LogP contribution in [-0.4, -0.2) is 42.3 Å². The number of halogens is 1. The third-order valence-electron chi connectivity index (χ3n) is 6.44. The molecule has 9 heteroatoms. The van der Waals surface area contributed by atoms with E-state index in [1.54, 1.807) is 16.9 Å². The molecule has 1 fully saturated rings. The monoisotopic (exact) mass is 447 g/mol. The predicted molar refractivity (Wildman–Crippen MR) is 124 cm³/mol. The lowest BCUT2D eigenvalue weighted by Gasteiger charge is -2.27. The molecule has 8 nitrogen and oxygen atoms in total. The molecule has 1 saturated heterocycles. The van der Waals surface area contributed by atoms with Crippen molar-refractivity contribution < 1.29 is 9.18 Å². The van der Waals surface area contributed by atoms with E-state index in [0.717, 1.165) is 29.9 Å². The van der Waals surface area contributed by atoms with Crippen molar-refractivity contribution in [3.63, 3.8) is 0 Å². The Morgan fingerprint density at radius 3 is 2.52 bits per heavy atom. The average molecular weight is 448 g/mol. The maximum Gasteiger partial charge on any atom is 0.251 e. The Morgan fingerprint density at radius 1 is 1.15 bits per heavy atom. The van der Waals surface area contributed by atoms with Crippen LogP contribution >= 0.6 is 0 Å². The lowest BCUT2D eigenvalue weighted by atomic mass is 10.1. The van der Waals surface area contributed by atoms with Gasteiger partial charge >= 0.3 is 0 Å². The third kappa shape index (κ3) is 3.63. The van der Waals surface area contributed by atoms with Gasteiger partial charge in [-0.1, -0.05) is 0 Å². The van der Waals surface area contributed by atoms with Crippen LogP contribution in [0.2, 0.25) is 0 Å². The first-order valence-electron chi connectivity index (χ1n) is 11.1. The summed E-state index contributed by atoms with van der Waals surface area (Å²) in [6.07, 6.45) is 5.92. The molecular weight excluding hydrogens is 421 g/mol. The second-order valence-electron chi connectivity index (χ2n) is 8.75. The Labute approximate surface area is 190 Å². The molecule has 0 aliphatic carbocycles. The summed E-state index contributed by atoms with van der Waals surface area (Å²) in [4.78, 5) is 23.3. The standard InChI is InChI=1S/C24H26FN7O/c1-14-4-5-15(2)32(14)20-9-6-16(12-27-20)24-28-22-19(8-7-18(21(22)25)23(26)33)31(24)13-17-10-11-30(3)29-17/h6-12,14-15H,4-5,13H2,1-3H3,(H2,26,33)/t14-,15-/m0/s1. The number of aromatic nitrogens is 5. The van der Waals surface area contributed by atoms with Gasteiger partial charge in [0.25, 0.3) is 5.91 Å². The van der Waals surface area contributed by atoms with Gasteiger partial charge in [-0.3, -0.25) is 9.48 Å². The number of amides is 1. The fraction of sp³-hybridized carbons (Fsp3) is 0.333. The van der Waals surface area contributed by atoms with Gasteiger partial charge in [0.1, 0.15) is 17.2 Å². The summed E-state index contributed by atoms with van der Waals surface area (Å²) in [6.45, 7) is 4.82. The number of primary amides is 1. The molecule has 3 aromatic heterocycles. The minimum Gasteiger partial charge on any atom is -0.366 e. The van der Waals surface area contributed by atoms with Crippen molar-refractivity contribution in [3.8, 4) is 11.4 Å². The Kier molecular flexibility index (Phi) is 5.11. The average Bonchev–Trinajstić information content (AvgIpc) is 3.46. The Morgan fingerprint density at radius 2 is 1.91 bits per heavy atom. The topological polar surface area (TPSA) is 94.9 Å². The van der Waals surface area contributed by atoms with E-state index in [4.69, 9.17) is 10.7 Å². The number of aryl methyl sites for hydroxylation is 1. The minimum absolute atomic E-state index is 0.100. The smallest absolute Gasteiger partial charge is 0.251 e. The lowest BCUT2D eigenvalue weighted by molar-refractivity contribution is 0.0996. The number of anilines is 1. The lowest BCUT2D eigenvalue weighted by Crippen LogP contribution is -2.33. The van der Waals surface area contributed by atoms with Crippen molar-refractivity contribution in [1.29, 1.82) is 0 Å². The highest BCUT2D eigenvalue weighted by Gasteiger charge is 2.28. The number of pyridine rings is 1. The second kappa shape index (κ2) is 7.99. The number of carbonyl (C=O) groups is 1. The van der Waals surface area contributed by atoms with Crippen LogP contribution in [0.15, 0.2) is 42.7 Å². The number of carbonyl (C=O) groups excluding carboxylic acids is 1. The van der Waals surface area contributed by atoms with Crippen molar-refractivity contribution in [2.24, 2.45) is 12.8 Å². The molecule has 2 N–H and O–H groups in total. The minimum atomic E-state index is -0.824. The Bertz CT molecular complexity index is 1330. The number of rotatable bonds is 5. The molecule has 1 aromatic carbocycles. The molecule has 4 aromatic rings. The van der Waals surface area contributed by atoms with Gasteiger partial charge in [0.05, 0.1) is 23.3 Å². The number of hydrogen-bond acceptors (Lipinski definition) is 5. The molecule has 1 aliphatic rings. The molecule has 0 spiro atoms. The van der Waals surface area contributed by atoms with Gasteiger partial charge in [-0.05, 0) is 57.0 Å². The zero-order valence-electron chi connectivity index (χ0n) is 18.9. The molecule has 4 heterocycles. The highest BCUT2D eigenvalue weighted by Crippen LogP contribution is 2.32. The molecule has 2 atom stereocenters. The summed E-state index contributed by atoms with van der Waals surface area (Å²) in [5.41, 5.74) is 7.39. The quantitative estimate of drug-likeness (QED) is 0.505. The van der Waals surface area contributed by atoms with Gasteiger partial charge in [0.15, 0.2) is 5.82 Å². The van der Waals surface area contributed by atoms with Gasteiger partial charge < -0.3 is 15.2 Å². The van der Waals surface area contributed by atoms with Crippen LogP contribution in [0.5, 0.6) is 0 Å². The van der Waals surface area contributed by atoms with Gasteiger partial charge in [0, 0.05) is 37.1 Å². The van der Waals surface area contributed by atoms with E-state index >= 15 is 4.39 Å². The van der Waals surface area contributed by atoms with Gasteiger partial charge in [-0.15, -0.1) is 0 Å². The zero-order valence-corrected chi connectivity index (χ0v) is 18.9. The first kappa shape index (κ1) is 21.1. The van der Waals surface area contributed by atoms with Crippen molar-refractivity contribution >= 4 is 22.8 Å². The number of benzene rings is 1. The molecule has 5 rings (SSSR count). The van der Waals surface area contributed by atoms with Gasteiger partial charge in [0.2, 0.25) is 0 Å². The summed E-state index contributed by atoms with van der Waals surface area (Å²) >= 11 is 0. The second-order valence-corrected chi connectivity index (χ2v) is 8.75. The van der Waals surface area contributed by atoms with E-state index < -0.39 is 11.7 Å².